The van der Waals surface area contributed by atoms with Crippen LogP contribution < -0.4 is 4.74 Å². The van der Waals surface area contributed by atoms with Crippen LogP contribution in [0.1, 0.15) is 23.2 Å². The summed E-state index contributed by atoms with van der Waals surface area (Å²) < 4.78 is 5.05. The molecule has 0 unspecified atom stereocenters. The smallest absolute Gasteiger partial charge is 0.166 e. The van der Waals surface area contributed by atoms with Gasteiger partial charge in [0.25, 0.3) is 0 Å². The van der Waals surface area contributed by atoms with E-state index in [2.05, 4.69) is 0 Å². The van der Waals surface area contributed by atoms with Gasteiger partial charge in [-0.3, -0.25) is 4.79 Å². The number of benzene rings is 1. The van der Waals surface area contributed by atoms with E-state index in [1.807, 2.05) is 18.2 Å². The Morgan fingerprint density at radius 3 is 2.85 bits per heavy atom. The van der Waals surface area contributed by atoms with Crippen molar-refractivity contribution in [1.82, 2.24) is 0 Å². The van der Waals surface area contributed by atoms with Gasteiger partial charge in [0.05, 0.1) is 7.11 Å². The van der Waals surface area contributed by atoms with E-state index < -0.39 is 0 Å². The quantitative estimate of drug-likeness (QED) is 0.660. The number of methoxy groups -OCH3 is 1. The molecule has 13 heavy (non-hydrogen) atoms. The number of rotatable bonds is 3. The van der Waals surface area contributed by atoms with Crippen molar-refractivity contribution >= 4 is 5.78 Å². The topological polar surface area (TPSA) is 26.3 Å². The van der Waals surface area contributed by atoms with Gasteiger partial charge >= 0.3 is 0 Å². The van der Waals surface area contributed by atoms with Crippen LogP contribution in [-0.2, 0) is 0 Å². The molecular weight excluding hydrogens is 164 g/mol. The molecule has 1 aromatic carbocycles. The van der Waals surface area contributed by atoms with Crippen molar-refractivity contribution < 1.29 is 9.53 Å². The van der Waals surface area contributed by atoms with Crippen molar-refractivity contribution in [3.05, 3.63) is 29.8 Å². The fourth-order valence-corrected chi connectivity index (χ4v) is 1.36. The Morgan fingerprint density at radius 1 is 1.46 bits per heavy atom. The number of hydrogen-bond donors (Lipinski definition) is 0. The van der Waals surface area contributed by atoms with Gasteiger partial charge in [-0.05, 0) is 25.0 Å². The Morgan fingerprint density at radius 2 is 2.23 bits per heavy atom. The number of ketones is 1. The second kappa shape index (κ2) is 3.21. The molecule has 0 aliphatic heterocycles. The highest BCUT2D eigenvalue weighted by Crippen LogP contribution is 2.33. The maximum atomic E-state index is 11.6. The van der Waals surface area contributed by atoms with Crippen LogP contribution in [0.3, 0.4) is 0 Å². The van der Waals surface area contributed by atoms with Crippen LogP contribution in [-0.4, -0.2) is 12.9 Å². The highest BCUT2D eigenvalue weighted by Gasteiger charge is 2.30. The zero-order chi connectivity index (χ0) is 9.26. The Bertz CT molecular complexity index is 327. The van der Waals surface area contributed by atoms with Crippen LogP contribution in [0.25, 0.3) is 0 Å². The van der Waals surface area contributed by atoms with E-state index in [4.69, 9.17) is 4.74 Å². The summed E-state index contributed by atoms with van der Waals surface area (Å²) in [6, 6.07) is 7.36. The molecule has 0 atom stereocenters. The summed E-state index contributed by atoms with van der Waals surface area (Å²) in [6.07, 6.45) is 2.10. The van der Waals surface area contributed by atoms with Crippen molar-refractivity contribution in [3.63, 3.8) is 0 Å². The Hall–Kier alpha value is -1.31. The monoisotopic (exact) mass is 176 g/mol. The predicted octanol–water partition coefficient (Wildman–Crippen LogP) is 2.29. The summed E-state index contributed by atoms with van der Waals surface area (Å²) in [4.78, 5) is 11.6. The Kier molecular flexibility index (Phi) is 2.05. The third-order valence-electron chi connectivity index (χ3n) is 2.30. The molecule has 1 aliphatic rings. The SMILES string of the molecule is COc1cccc(C(=O)C2CC2)c1. The van der Waals surface area contributed by atoms with Crippen molar-refractivity contribution in [1.29, 1.82) is 0 Å². The van der Waals surface area contributed by atoms with Crippen molar-refractivity contribution in [2.75, 3.05) is 7.11 Å². The van der Waals surface area contributed by atoms with Gasteiger partial charge in [0.1, 0.15) is 5.75 Å². The number of ether oxygens (including phenoxy) is 1. The molecule has 0 radical (unpaired) electrons. The van der Waals surface area contributed by atoms with E-state index >= 15 is 0 Å². The minimum absolute atomic E-state index is 0.263. The lowest BCUT2D eigenvalue weighted by Gasteiger charge is -2.02. The van der Waals surface area contributed by atoms with E-state index in [1.54, 1.807) is 13.2 Å². The van der Waals surface area contributed by atoms with Gasteiger partial charge in [0.15, 0.2) is 5.78 Å². The number of Topliss-reactive ketones (excluding diaryl/α,β-unsaturated/α-hetero) is 1. The number of carbonyl (C=O) groups excluding carboxylic acids is 1. The molecule has 0 saturated heterocycles. The van der Waals surface area contributed by atoms with Crippen LogP contribution in [0.15, 0.2) is 24.3 Å². The standard InChI is InChI=1S/C11H12O2/c1-13-10-4-2-3-9(7-10)11(12)8-5-6-8/h2-4,7-8H,5-6H2,1H3. The molecule has 0 aromatic heterocycles. The van der Waals surface area contributed by atoms with Gasteiger partial charge in [0, 0.05) is 11.5 Å². The van der Waals surface area contributed by atoms with Gasteiger partial charge in [0.2, 0.25) is 0 Å². The average Bonchev–Trinajstić information content (AvgIpc) is 3.00. The van der Waals surface area contributed by atoms with E-state index in [0.29, 0.717) is 0 Å². The van der Waals surface area contributed by atoms with Gasteiger partial charge in [-0.1, -0.05) is 12.1 Å². The third kappa shape index (κ3) is 1.72. The Balaban J connectivity index is 2.23. The van der Waals surface area contributed by atoms with E-state index in [-0.39, 0.29) is 11.7 Å². The van der Waals surface area contributed by atoms with Crippen molar-refractivity contribution in [2.24, 2.45) is 5.92 Å². The van der Waals surface area contributed by atoms with E-state index in [0.717, 1.165) is 24.2 Å². The van der Waals surface area contributed by atoms with E-state index in [1.165, 1.54) is 0 Å². The second-order valence-electron chi connectivity index (χ2n) is 3.37. The zero-order valence-corrected chi connectivity index (χ0v) is 7.62. The van der Waals surface area contributed by atoms with Gasteiger partial charge < -0.3 is 4.74 Å². The van der Waals surface area contributed by atoms with Crippen LogP contribution in [0.4, 0.5) is 0 Å². The molecule has 1 fully saturated rings. The minimum atomic E-state index is 0.263. The minimum Gasteiger partial charge on any atom is -0.497 e. The molecule has 1 saturated carbocycles. The van der Waals surface area contributed by atoms with Crippen LogP contribution in [0.2, 0.25) is 0 Å². The van der Waals surface area contributed by atoms with Crippen molar-refractivity contribution in [3.8, 4) is 5.75 Å². The largest absolute Gasteiger partial charge is 0.497 e. The first-order valence-corrected chi connectivity index (χ1v) is 4.49. The number of carbonyl (C=O) groups is 1. The molecule has 1 aliphatic carbocycles. The average molecular weight is 176 g/mol. The lowest BCUT2D eigenvalue weighted by molar-refractivity contribution is 0.0967. The molecule has 2 heteroatoms. The third-order valence-corrected chi connectivity index (χ3v) is 2.30. The molecule has 0 N–H and O–H groups in total. The first kappa shape index (κ1) is 8.30. The molecule has 68 valence electrons. The molecule has 0 spiro atoms. The number of hydrogen-bond acceptors (Lipinski definition) is 2. The van der Waals surface area contributed by atoms with Crippen molar-refractivity contribution in [2.45, 2.75) is 12.8 Å². The molecule has 2 nitrogen and oxygen atoms in total. The van der Waals surface area contributed by atoms with Crippen LogP contribution in [0.5, 0.6) is 5.75 Å². The summed E-state index contributed by atoms with van der Waals surface area (Å²) in [5.41, 5.74) is 0.779. The normalized spacial score (nSPS) is 15.5. The maximum absolute atomic E-state index is 11.6. The molecule has 1 aromatic rings. The first-order chi connectivity index (χ1) is 6.31. The van der Waals surface area contributed by atoms with Gasteiger partial charge in [-0.25, -0.2) is 0 Å². The lowest BCUT2D eigenvalue weighted by atomic mass is 10.1. The fraction of sp³-hybridized carbons (Fsp3) is 0.364. The summed E-state index contributed by atoms with van der Waals surface area (Å²) >= 11 is 0. The molecular formula is C11H12O2. The predicted molar refractivity (Wildman–Crippen MR) is 50.0 cm³/mol. The molecule has 0 bridgehead atoms. The van der Waals surface area contributed by atoms with Gasteiger partial charge in [-0.2, -0.15) is 0 Å². The van der Waals surface area contributed by atoms with E-state index in [9.17, 15) is 4.79 Å². The summed E-state index contributed by atoms with van der Waals surface area (Å²) in [5, 5.41) is 0. The summed E-state index contributed by atoms with van der Waals surface area (Å²) in [6.45, 7) is 0. The molecule has 0 amide bonds. The highest BCUT2D eigenvalue weighted by atomic mass is 16.5. The fourth-order valence-electron chi connectivity index (χ4n) is 1.36. The lowest BCUT2D eigenvalue weighted by Crippen LogP contribution is -2.00. The summed E-state index contributed by atoms with van der Waals surface area (Å²) in [5.74, 6) is 1.30. The van der Waals surface area contributed by atoms with Crippen LogP contribution in [0, 0.1) is 5.92 Å². The molecule has 0 heterocycles. The second-order valence-corrected chi connectivity index (χ2v) is 3.37. The first-order valence-electron chi connectivity index (χ1n) is 4.49. The maximum Gasteiger partial charge on any atom is 0.166 e. The molecule has 2 rings (SSSR count). The summed E-state index contributed by atoms with van der Waals surface area (Å²) in [7, 11) is 1.61. The highest BCUT2D eigenvalue weighted by molar-refractivity contribution is 5.99. The zero-order valence-electron chi connectivity index (χ0n) is 7.62. The Labute approximate surface area is 77.5 Å². The van der Waals surface area contributed by atoms with Gasteiger partial charge in [-0.15, -0.1) is 0 Å². The van der Waals surface area contributed by atoms with Crippen LogP contribution >= 0.6 is 0 Å².